The van der Waals surface area contributed by atoms with Crippen LogP contribution in [-0.2, 0) is 32.8 Å². The number of hydrogen-bond acceptors (Lipinski definition) is 11. The van der Waals surface area contributed by atoms with E-state index in [0.717, 1.165) is 36.2 Å². The largest absolute Gasteiger partial charge is 0.457 e. The Hall–Kier alpha value is -3.15. The second-order valence-electron chi connectivity index (χ2n) is 19.2. The molecule has 2 aliphatic rings. The fourth-order valence-electron chi connectivity index (χ4n) is 9.39. The molecule has 63 heavy (non-hydrogen) atoms. The van der Waals surface area contributed by atoms with E-state index in [1.807, 2.05) is 39.0 Å². The molecule has 14 heteroatoms. The number of nitro benzene ring substituents is 1. The van der Waals surface area contributed by atoms with Crippen LogP contribution in [0.15, 0.2) is 60.2 Å². The summed E-state index contributed by atoms with van der Waals surface area (Å²) >= 11 is 0. The van der Waals surface area contributed by atoms with Crippen LogP contribution in [0.5, 0.6) is 5.75 Å². The third kappa shape index (κ3) is 15.2. The molecule has 1 N–H and O–H groups in total. The molecule has 10 atom stereocenters. The minimum atomic E-state index is -2.22. The van der Waals surface area contributed by atoms with Crippen molar-refractivity contribution in [2.45, 2.75) is 200 Å². The summed E-state index contributed by atoms with van der Waals surface area (Å²) in [5.74, 6) is -1.86. The summed E-state index contributed by atoms with van der Waals surface area (Å²) < 4.78 is 26.5. The van der Waals surface area contributed by atoms with Crippen LogP contribution in [0.1, 0.15) is 129 Å². The molecule has 0 radical (unpaired) electrons. The van der Waals surface area contributed by atoms with Crippen molar-refractivity contribution >= 4 is 34.3 Å². The van der Waals surface area contributed by atoms with E-state index in [-0.39, 0.29) is 59.9 Å². The van der Waals surface area contributed by atoms with Gasteiger partial charge < -0.3 is 23.4 Å². The van der Waals surface area contributed by atoms with E-state index in [9.17, 15) is 24.8 Å². The first kappa shape index (κ1) is 54.2. The van der Waals surface area contributed by atoms with Crippen molar-refractivity contribution in [3.8, 4) is 5.75 Å². The van der Waals surface area contributed by atoms with Gasteiger partial charge in [-0.1, -0.05) is 113 Å². The number of non-ortho nitro benzene ring substituents is 1. The zero-order valence-electron chi connectivity index (χ0n) is 40.9. The normalized spacial score (nSPS) is 26.6. The smallest absolute Gasteiger partial charge is 0.362 e. The Labute approximate surface area is 380 Å². The molecule has 0 aliphatic carbocycles. The number of hydrogen-bond donors (Lipinski definition) is 1. The van der Waals surface area contributed by atoms with Crippen LogP contribution in [-0.4, -0.2) is 74.7 Å². The predicted octanol–water partition coefficient (Wildman–Crippen LogP) is 12.0. The molecule has 0 spiro atoms. The Bertz CT molecular complexity index is 1700. The van der Waals surface area contributed by atoms with Crippen molar-refractivity contribution in [2.75, 3.05) is 0 Å². The van der Waals surface area contributed by atoms with Gasteiger partial charge in [-0.25, -0.2) is 9.68 Å². The van der Waals surface area contributed by atoms with Crippen LogP contribution in [0.4, 0.5) is 5.69 Å². The lowest BCUT2D eigenvalue weighted by molar-refractivity contribution is -0.384. The summed E-state index contributed by atoms with van der Waals surface area (Å²) in [4.78, 5) is 48.8. The van der Waals surface area contributed by atoms with E-state index in [1.54, 1.807) is 19.1 Å². The van der Waals surface area contributed by atoms with Crippen molar-refractivity contribution in [2.24, 2.45) is 23.7 Å². The van der Waals surface area contributed by atoms with E-state index in [0.29, 0.717) is 30.3 Å². The molecule has 1 fully saturated rings. The summed E-state index contributed by atoms with van der Waals surface area (Å²) in [6.45, 7) is 29.8. The van der Waals surface area contributed by atoms with Gasteiger partial charge in [0.1, 0.15) is 6.10 Å². The standard InChI is InChI=1S/C49H81NO11Si2/c1-15-43(61-63(18-4,19-5)34(8)9)38(13)47-44(56-47)32-49(14,53)30-20-21-36(11)46-37(12)23-29-42(48(52)59-58-40-27-24-39(25-28-40)50(54)55)35(10)22-26-41(31-45(51)57-46)60-62(16-2,17-3)33(6)7/h20-21,23-25,27-30,33-35,37-38,41-44,46-47,53H,15-19,22,26,31-32H2,1-14H3/b29-23+,30-20+,36-21+. The predicted molar refractivity (Wildman–Crippen MR) is 254 cm³/mol. The topological polar surface area (TPSA) is 156 Å². The number of nitro groups is 1. The molecular formula is C49H81NO11Si2. The van der Waals surface area contributed by atoms with Crippen molar-refractivity contribution in [1.82, 2.24) is 0 Å². The summed E-state index contributed by atoms with van der Waals surface area (Å²) in [6.07, 6.45) is 10.7. The van der Waals surface area contributed by atoms with Gasteiger partial charge in [-0.05, 0) is 92.0 Å². The van der Waals surface area contributed by atoms with Crippen LogP contribution < -0.4 is 4.89 Å². The first-order valence-corrected chi connectivity index (χ1v) is 28.5. The number of cyclic esters (lactones) is 1. The Balaban J connectivity index is 1.85. The zero-order chi connectivity index (χ0) is 47.3. The highest BCUT2D eigenvalue weighted by molar-refractivity contribution is 6.75. The van der Waals surface area contributed by atoms with E-state index in [1.165, 1.54) is 24.3 Å². The van der Waals surface area contributed by atoms with Crippen LogP contribution >= 0.6 is 0 Å². The SMILES string of the molecule is CCC(O[Si](CC)(CC)C(C)C)C(C)C1OC1CC(C)(O)/C=C/C=C(\C)C1OC(=O)CC(O[Si](CC)(CC)C(C)C)CCC(C)C(C(=O)OOc2ccc([N+](=O)[O-])cc2)/C=C/C1C. The molecule has 0 bridgehead atoms. The molecule has 10 unspecified atom stereocenters. The maximum absolute atomic E-state index is 13.9. The molecular weight excluding hydrogens is 835 g/mol. The first-order chi connectivity index (χ1) is 29.6. The van der Waals surface area contributed by atoms with E-state index >= 15 is 0 Å². The van der Waals surface area contributed by atoms with Crippen molar-refractivity contribution in [3.63, 3.8) is 0 Å². The average molecular weight is 916 g/mol. The number of carbonyl (C=O) groups is 2. The molecule has 0 amide bonds. The number of rotatable bonds is 22. The summed E-state index contributed by atoms with van der Waals surface area (Å²) in [5.41, 5.74) is 0.388. The Morgan fingerprint density at radius 1 is 0.968 bits per heavy atom. The fourth-order valence-corrected chi connectivity index (χ4v) is 16.7. The minimum Gasteiger partial charge on any atom is -0.457 e. The molecule has 3 rings (SSSR count). The highest BCUT2D eigenvalue weighted by Crippen LogP contribution is 2.41. The van der Waals surface area contributed by atoms with E-state index < -0.39 is 51.3 Å². The Kier molecular flexibility index (Phi) is 21.0. The molecule has 1 aromatic carbocycles. The van der Waals surface area contributed by atoms with Gasteiger partial charge in [0.2, 0.25) is 0 Å². The minimum absolute atomic E-state index is 0.0245. The summed E-state index contributed by atoms with van der Waals surface area (Å²) in [7, 11) is -4.09. The molecule has 12 nitrogen and oxygen atoms in total. The lowest BCUT2D eigenvalue weighted by Crippen LogP contribution is -2.46. The molecule has 1 aromatic rings. The number of nitrogens with zero attached hydrogens (tertiary/aromatic N) is 1. The van der Waals surface area contributed by atoms with E-state index in [2.05, 4.69) is 69.2 Å². The van der Waals surface area contributed by atoms with Gasteiger partial charge in [-0.15, -0.1) is 0 Å². The van der Waals surface area contributed by atoms with Gasteiger partial charge in [-0.2, -0.15) is 0 Å². The molecule has 1 saturated heterocycles. The van der Waals surface area contributed by atoms with Gasteiger partial charge in [0.25, 0.3) is 5.69 Å². The Morgan fingerprint density at radius 2 is 1.57 bits per heavy atom. The molecule has 0 saturated carbocycles. The lowest BCUT2D eigenvalue weighted by atomic mass is 9.86. The van der Waals surface area contributed by atoms with Gasteiger partial charge >= 0.3 is 11.9 Å². The molecule has 356 valence electrons. The number of esters is 1. The molecule has 0 aromatic heterocycles. The monoisotopic (exact) mass is 916 g/mol. The average Bonchev–Trinajstić information content (AvgIpc) is 4.00. The molecule has 2 heterocycles. The van der Waals surface area contributed by atoms with Gasteiger partial charge in [0.15, 0.2) is 22.4 Å². The van der Waals surface area contributed by atoms with Gasteiger partial charge in [0, 0.05) is 36.5 Å². The van der Waals surface area contributed by atoms with Crippen molar-refractivity contribution in [1.29, 1.82) is 0 Å². The highest BCUT2D eigenvalue weighted by Gasteiger charge is 2.49. The number of benzene rings is 1. The number of allylic oxidation sites excluding steroid dienone is 2. The Morgan fingerprint density at radius 3 is 2.11 bits per heavy atom. The summed E-state index contributed by atoms with van der Waals surface area (Å²) in [5, 5.41) is 22.6. The van der Waals surface area contributed by atoms with Crippen molar-refractivity contribution in [3.05, 3.63) is 70.3 Å². The first-order valence-electron chi connectivity index (χ1n) is 23.7. The maximum Gasteiger partial charge on any atom is 0.362 e. The molecule has 2 aliphatic heterocycles. The number of carbonyl (C=O) groups excluding carboxylic acids is 2. The number of aliphatic hydroxyl groups is 1. The van der Waals surface area contributed by atoms with E-state index in [4.69, 9.17) is 28.1 Å². The lowest BCUT2D eigenvalue weighted by Gasteiger charge is -2.39. The third-order valence-electron chi connectivity index (χ3n) is 14.1. The summed E-state index contributed by atoms with van der Waals surface area (Å²) in [6, 6.07) is 9.30. The zero-order valence-corrected chi connectivity index (χ0v) is 42.9. The second kappa shape index (κ2) is 24.4. The van der Waals surface area contributed by atoms with Gasteiger partial charge in [0.05, 0.1) is 41.2 Å². The van der Waals surface area contributed by atoms with Gasteiger partial charge in [-0.3, -0.25) is 19.8 Å². The number of ether oxygens (including phenoxy) is 2. The quantitative estimate of drug-likeness (QED) is 0.0173. The van der Waals surface area contributed by atoms with Crippen LogP contribution in [0, 0.1) is 33.8 Å². The van der Waals surface area contributed by atoms with Crippen molar-refractivity contribution < 1.29 is 47.7 Å². The fraction of sp³-hybridized carbons (Fsp3) is 0.714. The van der Waals surface area contributed by atoms with Crippen LogP contribution in [0.25, 0.3) is 0 Å². The highest BCUT2D eigenvalue weighted by atomic mass is 28.4. The maximum atomic E-state index is 13.9. The number of epoxide rings is 1. The van der Waals surface area contributed by atoms with Crippen LogP contribution in [0.2, 0.25) is 35.3 Å². The second-order valence-corrected chi connectivity index (χ2v) is 29.0. The van der Waals surface area contributed by atoms with Crippen LogP contribution in [0.3, 0.4) is 0 Å². The third-order valence-corrected chi connectivity index (χ3v) is 24.7.